The molecule has 2 aliphatic carbocycles. The zero-order chi connectivity index (χ0) is 17.0. The van der Waals surface area contributed by atoms with Crippen molar-refractivity contribution < 1.29 is 27.9 Å². The third kappa shape index (κ3) is 5.28. The second-order valence-electron chi connectivity index (χ2n) is 6.59. The van der Waals surface area contributed by atoms with Crippen LogP contribution in [0.15, 0.2) is 0 Å². The van der Waals surface area contributed by atoms with E-state index in [0.717, 1.165) is 0 Å². The van der Waals surface area contributed by atoms with Gasteiger partial charge in [0.25, 0.3) is 0 Å². The van der Waals surface area contributed by atoms with Crippen LogP contribution in [0.1, 0.15) is 51.4 Å². The first-order valence-electron chi connectivity index (χ1n) is 8.12. The first-order valence-corrected chi connectivity index (χ1v) is 8.12. The topological polar surface area (TPSA) is 78.4 Å². The molecular weight excluding hydrogens is 313 g/mol. The number of rotatable bonds is 3. The molecule has 0 aromatic carbocycles. The van der Waals surface area contributed by atoms with Crippen molar-refractivity contribution in [3.05, 3.63) is 0 Å². The Balaban J connectivity index is 1.67. The van der Waals surface area contributed by atoms with Gasteiger partial charge in [-0.1, -0.05) is 0 Å². The summed E-state index contributed by atoms with van der Waals surface area (Å²) in [5.41, 5.74) is 0. The Morgan fingerprint density at radius 1 is 0.826 bits per heavy atom. The molecule has 2 fully saturated rings. The average molecular weight is 336 g/mol. The lowest BCUT2D eigenvalue weighted by Gasteiger charge is -2.31. The normalized spacial score (nSPS) is 32.1. The minimum absolute atomic E-state index is 0.0537. The number of carbonyl (C=O) groups is 2. The van der Waals surface area contributed by atoms with E-state index < -0.39 is 18.1 Å². The summed E-state index contributed by atoms with van der Waals surface area (Å²) >= 11 is 0. The second-order valence-corrected chi connectivity index (χ2v) is 6.59. The van der Waals surface area contributed by atoms with Crippen LogP contribution >= 0.6 is 0 Å². The van der Waals surface area contributed by atoms with E-state index in [9.17, 15) is 22.8 Å². The molecule has 0 saturated heterocycles. The van der Waals surface area contributed by atoms with Gasteiger partial charge < -0.3 is 15.7 Å². The molecule has 0 atom stereocenters. The zero-order valence-corrected chi connectivity index (χ0v) is 12.9. The van der Waals surface area contributed by atoms with Crippen molar-refractivity contribution in [2.45, 2.75) is 69.6 Å². The Labute approximate surface area is 133 Å². The highest BCUT2D eigenvalue weighted by molar-refractivity contribution is 5.74. The molecule has 0 unspecified atom stereocenters. The van der Waals surface area contributed by atoms with Gasteiger partial charge in [-0.3, -0.25) is 4.79 Å². The van der Waals surface area contributed by atoms with Crippen LogP contribution in [-0.4, -0.2) is 35.4 Å². The summed E-state index contributed by atoms with van der Waals surface area (Å²) in [7, 11) is 0. The SMILES string of the molecule is O=C(NC1CCC(C(=O)O)CC1)NC1CCC(C(F)(F)F)CC1. The Morgan fingerprint density at radius 3 is 1.65 bits per heavy atom. The van der Waals surface area contributed by atoms with Crippen molar-refractivity contribution in [1.29, 1.82) is 0 Å². The van der Waals surface area contributed by atoms with Gasteiger partial charge in [0.2, 0.25) is 0 Å². The standard InChI is InChI=1S/C15H23F3N2O3/c16-15(17,18)10-3-7-12(8-4-10)20-14(23)19-11-5-1-9(2-6-11)13(21)22/h9-12H,1-8H2,(H,21,22)(H2,19,20,23). The van der Waals surface area contributed by atoms with Crippen molar-refractivity contribution in [3.8, 4) is 0 Å². The highest BCUT2D eigenvalue weighted by Crippen LogP contribution is 2.37. The van der Waals surface area contributed by atoms with Gasteiger partial charge in [0.1, 0.15) is 0 Å². The molecular formula is C15H23F3N2O3. The first-order chi connectivity index (χ1) is 10.8. The summed E-state index contributed by atoms with van der Waals surface area (Å²) in [5.74, 6) is -2.39. The molecule has 0 heterocycles. The van der Waals surface area contributed by atoms with Gasteiger partial charge in [-0.05, 0) is 51.4 Å². The number of nitrogens with one attached hydrogen (secondary N) is 2. The summed E-state index contributed by atoms with van der Waals surface area (Å²) in [4.78, 5) is 22.8. The fourth-order valence-electron chi connectivity index (χ4n) is 3.46. The van der Waals surface area contributed by atoms with Crippen molar-refractivity contribution in [1.82, 2.24) is 10.6 Å². The third-order valence-electron chi connectivity index (χ3n) is 4.94. The summed E-state index contributed by atoms with van der Waals surface area (Å²) in [6.07, 6.45) is -1.05. The molecule has 0 aromatic rings. The van der Waals surface area contributed by atoms with Gasteiger partial charge in [-0.15, -0.1) is 0 Å². The van der Waals surface area contributed by atoms with E-state index in [1.54, 1.807) is 0 Å². The lowest BCUT2D eigenvalue weighted by Crippen LogP contribution is -2.48. The molecule has 8 heteroatoms. The average Bonchev–Trinajstić information content (AvgIpc) is 2.47. The van der Waals surface area contributed by atoms with Crippen LogP contribution in [0.25, 0.3) is 0 Å². The Kier molecular flexibility index (Phi) is 5.75. The van der Waals surface area contributed by atoms with Gasteiger partial charge in [0, 0.05) is 12.1 Å². The van der Waals surface area contributed by atoms with Crippen molar-refractivity contribution in [2.75, 3.05) is 0 Å². The van der Waals surface area contributed by atoms with E-state index in [2.05, 4.69) is 10.6 Å². The second kappa shape index (κ2) is 7.40. The minimum Gasteiger partial charge on any atom is -0.481 e. The molecule has 23 heavy (non-hydrogen) atoms. The Bertz CT molecular complexity index is 426. The van der Waals surface area contributed by atoms with Crippen molar-refractivity contribution in [2.24, 2.45) is 11.8 Å². The molecule has 2 saturated carbocycles. The van der Waals surface area contributed by atoms with E-state index in [-0.39, 0.29) is 36.9 Å². The van der Waals surface area contributed by atoms with Crippen LogP contribution in [-0.2, 0) is 4.79 Å². The van der Waals surface area contributed by atoms with Crippen molar-refractivity contribution in [3.63, 3.8) is 0 Å². The number of carboxylic acids is 1. The van der Waals surface area contributed by atoms with Crippen LogP contribution < -0.4 is 10.6 Å². The highest BCUT2D eigenvalue weighted by atomic mass is 19.4. The van der Waals surface area contributed by atoms with E-state index >= 15 is 0 Å². The monoisotopic (exact) mass is 336 g/mol. The molecule has 2 aliphatic rings. The largest absolute Gasteiger partial charge is 0.481 e. The van der Waals surface area contributed by atoms with E-state index in [1.165, 1.54) is 0 Å². The number of halogens is 3. The fourth-order valence-corrected chi connectivity index (χ4v) is 3.46. The number of urea groups is 1. The van der Waals surface area contributed by atoms with E-state index in [1.807, 2.05) is 0 Å². The Morgan fingerprint density at radius 2 is 1.26 bits per heavy atom. The number of amides is 2. The minimum atomic E-state index is -4.14. The van der Waals surface area contributed by atoms with Crippen LogP contribution in [0, 0.1) is 11.8 Å². The summed E-state index contributed by atoms with van der Waals surface area (Å²) < 4.78 is 37.8. The van der Waals surface area contributed by atoms with Crippen LogP contribution in [0.3, 0.4) is 0 Å². The van der Waals surface area contributed by atoms with Gasteiger partial charge in [0.15, 0.2) is 0 Å². The van der Waals surface area contributed by atoms with Gasteiger partial charge >= 0.3 is 18.2 Å². The number of hydrogen-bond acceptors (Lipinski definition) is 2. The molecule has 5 nitrogen and oxygen atoms in total. The number of carboxylic acid groups (broad SMARTS) is 1. The first kappa shape index (κ1) is 17.9. The predicted octanol–water partition coefficient (Wildman–Crippen LogP) is 3.05. The number of alkyl halides is 3. The molecule has 2 amide bonds. The molecule has 3 N–H and O–H groups in total. The molecule has 0 aromatic heterocycles. The summed E-state index contributed by atoms with van der Waals surface area (Å²) in [6, 6.07) is -0.639. The van der Waals surface area contributed by atoms with Gasteiger partial charge in [0.05, 0.1) is 11.8 Å². The molecule has 0 radical (unpaired) electrons. The van der Waals surface area contributed by atoms with Crippen molar-refractivity contribution >= 4 is 12.0 Å². The maximum atomic E-state index is 12.6. The molecule has 0 aliphatic heterocycles. The number of hydrogen-bond donors (Lipinski definition) is 3. The summed E-state index contributed by atoms with van der Waals surface area (Å²) in [5, 5.41) is 14.5. The smallest absolute Gasteiger partial charge is 0.391 e. The number of carbonyl (C=O) groups excluding carboxylic acids is 1. The highest BCUT2D eigenvalue weighted by Gasteiger charge is 2.41. The van der Waals surface area contributed by atoms with E-state index in [4.69, 9.17) is 5.11 Å². The zero-order valence-electron chi connectivity index (χ0n) is 12.9. The van der Waals surface area contributed by atoms with Crippen LogP contribution in [0.4, 0.5) is 18.0 Å². The maximum Gasteiger partial charge on any atom is 0.391 e. The van der Waals surface area contributed by atoms with Gasteiger partial charge in [-0.2, -0.15) is 13.2 Å². The van der Waals surface area contributed by atoms with E-state index in [0.29, 0.717) is 38.5 Å². The van der Waals surface area contributed by atoms with Crippen LogP contribution in [0.2, 0.25) is 0 Å². The lowest BCUT2D eigenvalue weighted by atomic mass is 9.85. The summed E-state index contributed by atoms with van der Waals surface area (Å²) in [6.45, 7) is 0. The molecule has 132 valence electrons. The Hall–Kier alpha value is -1.47. The number of aliphatic carboxylic acids is 1. The molecule has 2 rings (SSSR count). The molecule has 0 spiro atoms. The quantitative estimate of drug-likeness (QED) is 0.741. The maximum absolute atomic E-state index is 12.6. The fraction of sp³-hybridized carbons (Fsp3) is 0.867. The third-order valence-corrected chi connectivity index (χ3v) is 4.94. The van der Waals surface area contributed by atoms with Gasteiger partial charge in [-0.25, -0.2) is 4.79 Å². The lowest BCUT2D eigenvalue weighted by molar-refractivity contribution is -0.182. The molecule has 0 bridgehead atoms. The van der Waals surface area contributed by atoms with Crippen LogP contribution in [0.5, 0.6) is 0 Å². The predicted molar refractivity (Wildman–Crippen MR) is 76.9 cm³/mol.